The monoisotopic (exact) mass is 166 g/mol. The first-order chi connectivity index (χ1) is 5.86. The van der Waals surface area contributed by atoms with Crippen LogP contribution in [0, 0.1) is 0 Å². The predicted molar refractivity (Wildman–Crippen MR) is 45.4 cm³/mol. The van der Waals surface area contributed by atoms with E-state index in [-0.39, 0.29) is 6.04 Å². The summed E-state index contributed by atoms with van der Waals surface area (Å²) in [6, 6.07) is -0.238. The molecule has 0 fully saturated rings. The van der Waals surface area contributed by atoms with Gasteiger partial charge in [0.25, 0.3) is 0 Å². The molecule has 12 heavy (non-hydrogen) atoms. The van der Waals surface area contributed by atoms with Crippen molar-refractivity contribution < 1.29 is 4.79 Å². The van der Waals surface area contributed by atoms with Crippen molar-refractivity contribution in [2.75, 3.05) is 6.54 Å². The van der Waals surface area contributed by atoms with Gasteiger partial charge in [0.1, 0.15) is 0 Å². The Labute approximate surface area is 71.4 Å². The summed E-state index contributed by atoms with van der Waals surface area (Å²) in [5.41, 5.74) is 0.879. The summed E-state index contributed by atoms with van der Waals surface area (Å²) in [7, 11) is 0. The number of rotatable bonds is 5. The van der Waals surface area contributed by atoms with Gasteiger partial charge >= 0.3 is 0 Å². The number of hydrogen-bond acceptors (Lipinski definition) is 3. The molecule has 0 saturated carbocycles. The van der Waals surface area contributed by atoms with E-state index < -0.39 is 0 Å². The SMILES string of the molecule is CCNC([C]=O)Cc1c[nH]cn1. The maximum absolute atomic E-state index is 10.4. The van der Waals surface area contributed by atoms with Crippen molar-refractivity contribution in [2.24, 2.45) is 0 Å². The molecule has 1 atom stereocenters. The number of nitrogens with zero attached hydrogens (tertiary/aromatic N) is 1. The Hall–Kier alpha value is -1.16. The Morgan fingerprint density at radius 2 is 2.67 bits per heavy atom. The predicted octanol–water partition coefficient (Wildman–Crippen LogP) is 0.0400. The molecule has 1 rings (SSSR count). The second-order valence-electron chi connectivity index (χ2n) is 2.49. The Balaban J connectivity index is 2.42. The molecule has 4 nitrogen and oxygen atoms in total. The van der Waals surface area contributed by atoms with Crippen LogP contribution in [0.1, 0.15) is 12.6 Å². The van der Waals surface area contributed by atoms with Gasteiger partial charge in [0.15, 0.2) is 0 Å². The van der Waals surface area contributed by atoms with Crippen molar-refractivity contribution in [3.63, 3.8) is 0 Å². The minimum Gasteiger partial charge on any atom is -0.351 e. The van der Waals surface area contributed by atoms with Gasteiger partial charge in [-0.25, -0.2) is 4.98 Å². The Morgan fingerprint density at radius 3 is 3.17 bits per heavy atom. The lowest BCUT2D eigenvalue weighted by Gasteiger charge is -2.06. The normalized spacial score (nSPS) is 12.8. The average molecular weight is 166 g/mol. The van der Waals surface area contributed by atoms with Crippen LogP contribution in [0.5, 0.6) is 0 Å². The number of hydrogen-bond donors (Lipinski definition) is 2. The van der Waals surface area contributed by atoms with Gasteiger partial charge in [-0.3, -0.25) is 4.79 Å². The van der Waals surface area contributed by atoms with Crippen molar-refractivity contribution in [1.82, 2.24) is 15.3 Å². The first kappa shape index (κ1) is 8.93. The minimum absolute atomic E-state index is 0.238. The van der Waals surface area contributed by atoms with Gasteiger partial charge in [0, 0.05) is 12.6 Å². The Bertz CT molecular complexity index is 220. The molecule has 2 N–H and O–H groups in total. The van der Waals surface area contributed by atoms with E-state index in [1.54, 1.807) is 12.5 Å². The van der Waals surface area contributed by atoms with E-state index >= 15 is 0 Å². The number of nitrogens with one attached hydrogen (secondary N) is 2. The third kappa shape index (κ3) is 2.47. The van der Waals surface area contributed by atoms with E-state index in [0.717, 1.165) is 12.2 Å². The molecule has 0 amide bonds. The second-order valence-corrected chi connectivity index (χ2v) is 2.49. The van der Waals surface area contributed by atoms with Gasteiger partial charge in [0.05, 0.1) is 18.1 Å². The number of aromatic nitrogens is 2. The highest BCUT2D eigenvalue weighted by Crippen LogP contribution is 1.95. The van der Waals surface area contributed by atoms with E-state index in [2.05, 4.69) is 15.3 Å². The molecule has 1 aromatic rings. The van der Waals surface area contributed by atoms with Crippen LogP contribution in [0.3, 0.4) is 0 Å². The summed E-state index contributed by atoms with van der Waals surface area (Å²) in [5, 5.41) is 2.99. The standard InChI is InChI=1S/C8H12N3O/c1-2-10-8(5-12)3-7-4-9-6-11-7/h4,6,8,10H,2-3H2,1H3,(H,9,11). The van der Waals surface area contributed by atoms with E-state index in [4.69, 9.17) is 0 Å². The molecular weight excluding hydrogens is 154 g/mol. The van der Waals surface area contributed by atoms with Crippen LogP contribution in [0.2, 0.25) is 0 Å². The lowest BCUT2D eigenvalue weighted by Crippen LogP contribution is -2.32. The van der Waals surface area contributed by atoms with Crippen LogP contribution in [0.4, 0.5) is 0 Å². The molecule has 0 bridgehead atoms. The van der Waals surface area contributed by atoms with Crippen molar-refractivity contribution >= 4 is 6.29 Å². The van der Waals surface area contributed by atoms with Crippen LogP contribution in [0.15, 0.2) is 12.5 Å². The zero-order chi connectivity index (χ0) is 8.81. The molecule has 1 aromatic heterocycles. The maximum atomic E-state index is 10.4. The quantitative estimate of drug-likeness (QED) is 0.649. The molecular formula is C8H12N3O. The van der Waals surface area contributed by atoms with Crippen LogP contribution in [-0.4, -0.2) is 28.8 Å². The molecule has 1 heterocycles. The number of aromatic amines is 1. The van der Waals surface area contributed by atoms with Crippen molar-refractivity contribution in [3.05, 3.63) is 18.2 Å². The number of H-pyrrole nitrogens is 1. The van der Waals surface area contributed by atoms with Crippen LogP contribution >= 0.6 is 0 Å². The fraction of sp³-hybridized carbons (Fsp3) is 0.500. The highest BCUT2D eigenvalue weighted by atomic mass is 16.1. The summed E-state index contributed by atoms with van der Waals surface area (Å²) in [4.78, 5) is 17.2. The van der Waals surface area contributed by atoms with Gasteiger partial charge < -0.3 is 10.3 Å². The molecule has 0 aliphatic carbocycles. The number of imidazole rings is 1. The van der Waals surface area contributed by atoms with Crippen molar-refractivity contribution in [2.45, 2.75) is 19.4 Å². The Morgan fingerprint density at radius 1 is 1.83 bits per heavy atom. The minimum atomic E-state index is -0.238. The summed E-state index contributed by atoms with van der Waals surface area (Å²) >= 11 is 0. The molecule has 0 aliphatic rings. The number of likely N-dealkylation sites (N-methyl/N-ethyl adjacent to an activating group) is 1. The number of carbonyl (C=O) groups excluding carboxylic acids is 1. The molecule has 0 aromatic carbocycles. The summed E-state index contributed by atoms with van der Waals surface area (Å²) < 4.78 is 0. The molecule has 4 heteroatoms. The van der Waals surface area contributed by atoms with Gasteiger partial charge in [-0.2, -0.15) is 0 Å². The molecule has 0 spiro atoms. The van der Waals surface area contributed by atoms with E-state index in [0.29, 0.717) is 6.42 Å². The maximum Gasteiger partial charge on any atom is 0.217 e. The van der Waals surface area contributed by atoms with Gasteiger partial charge in [-0.1, -0.05) is 6.92 Å². The van der Waals surface area contributed by atoms with E-state index in [1.807, 2.05) is 13.2 Å². The third-order valence-electron chi connectivity index (χ3n) is 1.56. The van der Waals surface area contributed by atoms with Gasteiger partial charge in [0.2, 0.25) is 6.29 Å². The smallest absolute Gasteiger partial charge is 0.217 e. The second kappa shape index (κ2) is 4.66. The van der Waals surface area contributed by atoms with Crippen LogP contribution < -0.4 is 5.32 Å². The van der Waals surface area contributed by atoms with Gasteiger partial charge in [-0.15, -0.1) is 0 Å². The molecule has 1 unspecified atom stereocenters. The zero-order valence-corrected chi connectivity index (χ0v) is 7.00. The lowest BCUT2D eigenvalue weighted by atomic mass is 10.2. The van der Waals surface area contributed by atoms with Crippen LogP contribution in [0.25, 0.3) is 0 Å². The summed E-state index contributed by atoms with van der Waals surface area (Å²) in [6.07, 6.45) is 5.90. The first-order valence-electron chi connectivity index (χ1n) is 3.95. The zero-order valence-electron chi connectivity index (χ0n) is 7.00. The molecule has 0 saturated heterocycles. The largest absolute Gasteiger partial charge is 0.351 e. The Kier molecular flexibility index (Phi) is 3.47. The van der Waals surface area contributed by atoms with Crippen LogP contribution in [-0.2, 0) is 11.2 Å². The average Bonchev–Trinajstić information content (AvgIpc) is 2.56. The summed E-state index contributed by atoms with van der Waals surface area (Å²) in [6.45, 7) is 2.72. The highest BCUT2D eigenvalue weighted by molar-refractivity contribution is 5.59. The lowest BCUT2D eigenvalue weighted by molar-refractivity contribution is 0.516. The molecule has 65 valence electrons. The highest BCUT2D eigenvalue weighted by Gasteiger charge is 2.08. The van der Waals surface area contributed by atoms with Crippen molar-refractivity contribution in [1.29, 1.82) is 0 Å². The molecule has 1 radical (unpaired) electrons. The topological polar surface area (TPSA) is 57.8 Å². The fourth-order valence-electron chi connectivity index (χ4n) is 1.01. The van der Waals surface area contributed by atoms with E-state index in [1.165, 1.54) is 0 Å². The third-order valence-corrected chi connectivity index (χ3v) is 1.56. The molecule has 0 aliphatic heterocycles. The van der Waals surface area contributed by atoms with E-state index in [9.17, 15) is 4.79 Å². The summed E-state index contributed by atoms with van der Waals surface area (Å²) in [5.74, 6) is 0. The fourth-order valence-corrected chi connectivity index (χ4v) is 1.01. The van der Waals surface area contributed by atoms with Crippen molar-refractivity contribution in [3.8, 4) is 0 Å². The van der Waals surface area contributed by atoms with Gasteiger partial charge in [-0.05, 0) is 6.54 Å². The first-order valence-corrected chi connectivity index (χ1v) is 3.95.